The highest BCUT2D eigenvalue weighted by molar-refractivity contribution is 8.00. The number of aromatic nitrogens is 2. The third-order valence-corrected chi connectivity index (χ3v) is 6.80. The van der Waals surface area contributed by atoms with Gasteiger partial charge in [-0.05, 0) is 18.4 Å². The summed E-state index contributed by atoms with van der Waals surface area (Å²) in [5, 5.41) is 13.8. The minimum Gasteiger partial charge on any atom is -0.323 e. The van der Waals surface area contributed by atoms with Gasteiger partial charge in [-0.2, -0.15) is 0 Å². The normalized spacial score (nSPS) is 15.3. The van der Waals surface area contributed by atoms with E-state index in [0.29, 0.717) is 18.0 Å². The minimum absolute atomic E-state index is 0.331. The summed E-state index contributed by atoms with van der Waals surface area (Å²) in [6.45, 7) is 3.59. The first-order valence-corrected chi connectivity index (χ1v) is 11.7. The van der Waals surface area contributed by atoms with Gasteiger partial charge in [-0.25, -0.2) is 4.79 Å². The fourth-order valence-electron chi connectivity index (χ4n) is 3.48. The first kappa shape index (κ1) is 22.2. The standard InChI is InChI=1S/C20H25N5O3S2/c1-3-10-20(11-4-2)16(27)25(18(28)22-20)12-15(26)21-17-23-24-19(30-17)29-13-14-8-6-5-7-9-14/h5-9H,3-4,10-13H2,1-2H3,(H,22,28)(H,21,23,26). The van der Waals surface area contributed by atoms with Crippen molar-refractivity contribution in [3.05, 3.63) is 35.9 Å². The average molecular weight is 448 g/mol. The third kappa shape index (κ3) is 5.17. The zero-order chi connectivity index (χ0) is 21.6. The van der Waals surface area contributed by atoms with Gasteiger partial charge in [-0.1, -0.05) is 80.1 Å². The van der Waals surface area contributed by atoms with Gasteiger partial charge >= 0.3 is 6.03 Å². The molecule has 0 aliphatic carbocycles. The Balaban J connectivity index is 1.56. The number of carbonyl (C=O) groups is 3. The summed E-state index contributed by atoms with van der Waals surface area (Å²) in [6, 6.07) is 9.47. The quantitative estimate of drug-likeness (QED) is 0.327. The second-order valence-corrected chi connectivity index (χ2v) is 9.30. The van der Waals surface area contributed by atoms with Crippen LogP contribution in [-0.2, 0) is 15.3 Å². The van der Waals surface area contributed by atoms with Crippen LogP contribution < -0.4 is 10.6 Å². The molecule has 2 aromatic rings. The number of carbonyl (C=O) groups excluding carboxylic acids is 3. The average Bonchev–Trinajstić information content (AvgIpc) is 3.26. The zero-order valence-corrected chi connectivity index (χ0v) is 18.6. The van der Waals surface area contributed by atoms with Crippen molar-refractivity contribution in [1.29, 1.82) is 0 Å². The molecule has 1 aliphatic heterocycles. The lowest BCUT2D eigenvalue weighted by Gasteiger charge is -2.25. The molecule has 1 aliphatic rings. The van der Waals surface area contributed by atoms with E-state index in [9.17, 15) is 14.4 Å². The lowest BCUT2D eigenvalue weighted by molar-refractivity contribution is -0.134. The van der Waals surface area contributed by atoms with E-state index < -0.39 is 17.5 Å². The van der Waals surface area contributed by atoms with Crippen LogP contribution in [0.2, 0.25) is 0 Å². The van der Waals surface area contributed by atoms with E-state index in [2.05, 4.69) is 20.8 Å². The fourth-order valence-corrected chi connectivity index (χ4v) is 5.20. The van der Waals surface area contributed by atoms with E-state index in [0.717, 1.165) is 27.8 Å². The van der Waals surface area contributed by atoms with E-state index in [1.54, 1.807) is 0 Å². The highest BCUT2D eigenvalue weighted by atomic mass is 32.2. The SMILES string of the molecule is CCCC1(CCC)NC(=O)N(CC(=O)Nc2nnc(SCc3ccccc3)s2)C1=O. The van der Waals surface area contributed by atoms with Crippen LogP contribution in [0.3, 0.4) is 0 Å². The van der Waals surface area contributed by atoms with Gasteiger partial charge in [0.1, 0.15) is 12.1 Å². The van der Waals surface area contributed by atoms with Crippen molar-refractivity contribution in [2.24, 2.45) is 0 Å². The van der Waals surface area contributed by atoms with E-state index in [1.807, 2.05) is 44.2 Å². The van der Waals surface area contributed by atoms with E-state index in [4.69, 9.17) is 0 Å². The van der Waals surface area contributed by atoms with Crippen LogP contribution in [0.25, 0.3) is 0 Å². The number of benzene rings is 1. The fraction of sp³-hybridized carbons (Fsp3) is 0.450. The number of anilines is 1. The molecule has 10 heteroatoms. The van der Waals surface area contributed by atoms with Gasteiger partial charge in [0.15, 0.2) is 4.34 Å². The first-order chi connectivity index (χ1) is 14.5. The molecule has 0 radical (unpaired) electrons. The van der Waals surface area contributed by atoms with Gasteiger partial charge in [0.2, 0.25) is 11.0 Å². The van der Waals surface area contributed by atoms with Crippen molar-refractivity contribution < 1.29 is 14.4 Å². The molecular weight excluding hydrogens is 422 g/mol. The number of urea groups is 1. The van der Waals surface area contributed by atoms with Crippen LogP contribution in [0.1, 0.15) is 45.1 Å². The second kappa shape index (κ2) is 10.0. The number of amides is 4. The molecule has 2 heterocycles. The third-order valence-electron chi connectivity index (χ3n) is 4.76. The van der Waals surface area contributed by atoms with Crippen LogP contribution in [0.15, 0.2) is 34.7 Å². The van der Waals surface area contributed by atoms with Crippen molar-refractivity contribution >= 4 is 46.1 Å². The summed E-state index contributed by atoms with van der Waals surface area (Å²) in [4.78, 5) is 38.6. The molecule has 0 saturated carbocycles. The van der Waals surface area contributed by atoms with Gasteiger partial charge in [-0.15, -0.1) is 10.2 Å². The highest BCUT2D eigenvalue weighted by Gasteiger charge is 2.50. The minimum atomic E-state index is -0.898. The number of rotatable bonds is 10. The molecule has 0 spiro atoms. The smallest absolute Gasteiger partial charge is 0.323 e. The van der Waals surface area contributed by atoms with E-state index in [1.165, 1.54) is 28.7 Å². The molecule has 0 atom stereocenters. The molecule has 30 heavy (non-hydrogen) atoms. The largest absolute Gasteiger partial charge is 0.325 e. The van der Waals surface area contributed by atoms with Crippen molar-refractivity contribution in [3.63, 3.8) is 0 Å². The molecule has 2 N–H and O–H groups in total. The maximum atomic E-state index is 12.9. The Labute approximate surface area is 183 Å². The highest BCUT2D eigenvalue weighted by Crippen LogP contribution is 2.29. The lowest BCUT2D eigenvalue weighted by atomic mass is 9.88. The number of thioether (sulfide) groups is 1. The van der Waals surface area contributed by atoms with Gasteiger partial charge in [0.05, 0.1) is 0 Å². The van der Waals surface area contributed by atoms with E-state index >= 15 is 0 Å². The van der Waals surface area contributed by atoms with Gasteiger partial charge in [-0.3, -0.25) is 19.8 Å². The molecule has 1 saturated heterocycles. The molecule has 0 bridgehead atoms. The van der Waals surface area contributed by atoms with Crippen molar-refractivity contribution in [1.82, 2.24) is 20.4 Å². The Morgan fingerprint density at radius 3 is 2.53 bits per heavy atom. The maximum Gasteiger partial charge on any atom is 0.325 e. The molecule has 1 fully saturated rings. The Bertz CT molecular complexity index is 897. The Kier molecular flexibility index (Phi) is 7.43. The Morgan fingerprint density at radius 2 is 1.87 bits per heavy atom. The summed E-state index contributed by atoms with van der Waals surface area (Å²) < 4.78 is 0.731. The van der Waals surface area contributed by atoms with Gasteiger partial charge in [0, 0.05) is 5.75 Å². The zero-order valence-electron chi connectivity index (χ0n) is 17.0. The van der Waals surface area contributed by atoms with Crippen molar-refractivity contribution in [2.75, 3.05) is 11.9 Å². The molecule has 3 rings (SSSR count). The number of hydrogen-bond donors (Lipinski definition) is 2. The van der Waals surface area contributed by atoms with Crippen LogP contribution >= 0.6 is 23.1 Å². The summed E-state index contributed by atoms with van der Waals surface area (Å²) in [5.74, 6) is -0.0520. The van der Waals surface area contributed by atoms with Crippen LogP contribution in [-0.4, -0.2) is 45.0 Å². The number of nitrogens with one attached hydrogen (secondary N) is 2. The monoisotopic (exact) mass is 447 g/mol. The lowest BCUT2D eigenvalue weighted by Crippen LogP contribution is -2.47. The predicted octanol–water partition coefficient (Wildman–Crippen LogP) is 3.66. The molecule has 160 valence electrons. The van der Waals surface area contributed by atoms with Crippen molar-refractivity contribution in [3.8, 4) is 0 Å². The van der Waals surface area contributed by atoms with Crippen molar-refractivity contribution in [2.45, 2.75) is 55.2 Å². The van der Waals surface area contributed by atoms with Crippen LogP contribution in [0.5, 0.6) is 0 Å². The summed E-state index contributed by atoms with van der Waals surface area (Å²) in [7, 11) is 0. The summed E-state index contributed by atoms with van der Waals surface area (Å²) >= 11 is 2.79. The maximum absolute atomic E-state index is 12.9. The van der Waals surface area contributed by atoms with Gasteiger partial charge in [0.25, 0.3) is 5.91 Å². The second-order valence-electron chi connectivity index (χ2n) is 7.10. The first-order valence-electron chi connectivity index (χ1n) is 9.91. The number of nitrogens with zero attached hydrogens (tertiary/aromatic N) is 3. The van der Waals surface area contributed by atoms with E-state index in [-0.39, 0.29) is 12.5 Å². The summed E-state index contributed by atoms with van der Waals surface area (Å²) in [6.07, 6.45) is 2.64. The Hall–Kier alpha value is -2.46. The number of hydrogen-bond acceptors (Lipinski definition) is 7. The molecule has 1 aromatic heterocycles. The Morgan fingerprint density at radius 1 is 1.17 bits per heavy atom. The summed E-state index contributed by atoms with van der Waals surface area (Å²) in [5.41, 5.74) is 0.273. The molecule has 4 amide bonds. The van der Waals surface area contributed by atoms with Crippen LogP contribution in [0, 0.1) is 0 Å². The predicted molar refractivity (Wildman–Crippen MR) is 117 cm³/mol. The molecule has 0 unspecified atom stereocenters. The molecule has 8 nitrogen and oxygen atoms in total. The number of imide groups is 1. The molecular formula is C20H25N5O3S2. The topological polar surface area (TPSA) is 104 Å². The molecule has 1 aromatic carbocycles. The van der Waals surface area contributed by atoms with Crippen LogP contribution in [0.4, 0.5) is 9.93 Å². The van der Waals surface area contributed by atoms with Gasteiger partial charge < -0.3 is 5.32 Å².